The highest BCUT2D eigenvalue weighted by Crippen LogP contribution is 2.43. The average molecular weight is 557 g/mol. The van der Waals surface area contributed by atoms with Gasteiger partial charge in [-0.2, -0.15) is 13.5 Å². The van der Waals surface area contributed by atoms with Crippen LogP contribution in [0.25, 0.3) is 10.8 Å². The standard InChI is InChI=1S/C23H18N4O3.C6H6O3S/c1-23(30)18-8-4-5-9-20(18)27(22(23)29)15-10-14(12-24-13-15)11-19-16-6-2-3-7-17(16)21(28)26-25-19;7-10(8,9)6-4-2-1-3-5-6/h2-10,12-13,30H,11H2,1H3,(H,26,28);1-5H,(H,7,8,9)/t23-;/m0./s1. The van der Waals surface area contributed by atoms with Gasteiger partial charge < -0.3 is 5.11 Å². The van der Waals surface area contributed by atoms with Crippen LogP contribution in [0.3, 0.4) is 0 Å². The summed E-state index contributed by atoms with van der Waals surface area (Å²) in [5.41, 5.74) is 1.48. The third-order valence-corrected chi connectivity index (χ3v) is 7.38. The van der Waals surface area contributed by atoms with E-state index in [1.807, 2.05) is 30.3 Å². The van der Waals surface area contributed by atoms with Crippen LogP contribution in [0, 0.1) is 0 Å². The Morgan fingerprint density at radius 1 is 0.900 bits per heavy atom. The number of nitrogens with zero attached hydrogens (tertiary/aromatic N) is 3. The molecular weight excluding hydrogens is 532 g/mol. The molecular formula is C29H24N4O6S. The summed E-state index contributed by atoms with van der Waals surface area (Å²) >= 11 is 0. The first-order valence-electron chi connectivity index (χ1n) is 12.2. The lowest BCUT2D eigenvalue weighted by molar-refractivity contribution is -0.133. The zero-order chi connectivity index (χ0) is 28.5. The lowest BCUT2D eigenvalue weighted by Crippen LogP contribution is -2.35. The minimum atomic E-state index is -4.00. The summed E-state index contributed by atoms with van der Waals surface area (Å²) in [7, 11) is -4.00. The van der Waals surface area contributed by atoms with Crippen molar-refractivity contribution in [3.8, 4) is 0 Å². The van der Waals surface area contributed by atoms with Crippen molar-refractivity contribution in [1.29, 1.82) is 0 Å². The van der Waals surface area contributed by atoms with Gasteiger partial charge in [0.1, 0.15) is 0 Å². The molecule has 1 aliphatic heterocycles. The fourth-order valence-electron chi connectivity index (χ4n) is 4.56. The number of rotatable bonds is 4. The molecule has 40 heavy (non-hydrogen) atoms. The van der Waals surface area contributed by atoms with Crippen LogP contribution >= 0.6 is 0 Å². The topological polar surface area (TPSA) is 154 Å². The van der Waals surface area contributed by atoms with Gasteiger partial charge in [0.25, 0.3) is 21.6 Å². The van der Waals surface area contributed by atoms with Gasteiger partial charge in [-0.15, -0.1) is 0 Å². The number of H-pyrrole nitrogens is 1. The minimum absolute atomic E-state index is 0.0741. The molecule has 11 heteroatoms. The molecule has 3 heterocycles. The number of para-hydroxylation sites is 1. The summed E-state index contributed by atoms with van der Waals surface area (Å²) in [4.78, 5) is 30.7. The number of hydrogen-bond acceptors (Lipinski definition) is 7. The maximum Gasteiger partial charge on any atom is 0.294 e. The molecule has 10 nitrogen and oxygen atoms in total. The van der Waals surface area contributed by atoms with Crippen LogP contribution < -0.4 is 10.5 Å². The molecule has 5 aromatic rings. The molecule has 1 amide bonds. The molecule has 0 unspecified atom stereocenters. The number of benzene rings is 3. The van der Waals surface area contributed by atoms with E-state index in [0.717, 1.165) is 10.9 Å². The SMILES string of the molecule is C[C@@]1(O)C(=O)N(c2cncc(Cc3n[nH]c(=O)c4ccccc34)c2)c2ccccc21.O=S(=O)(O)c1ccccc1. The highest BCUT2D eigenvalue weighted by Gasteiger charge is 2.46. The molecule has 6 rings (SSSR count). The summed E-state index contributed by atoms with van der Waals surface area (Å²) in [6.45, 7) is 1.50. The maximum absolute atomic E-state index is 13.0. The van der Waals surface area contributed by atoms with Gasteiger partial charge in [-0.3, -0.25) is 24.0 Å². The summed E-state index contributed by atoms with van der Waals surface area (Å²) in [6, 6.07) is 23.8. The van der Waals surface area contributed by atoms with Gasteiger partial charge in [0.15, 0.2) is 5.60 Å². The predicted molar refractivity (Wildman–Crippen MR) is 149 cm³/mol. The highest BCUT2D eigenvalue weighted by atomic mass is 32.2. The van der Waals surface area contributed by atoms with Gasteiger partial charge in [0.2, 0.25) is 0 Å². The minimum Gasteiger partial charge on any atom is -0.375 e. The van der Waals surface area contributed by atoms with Crippen LogP contribution in [0.2, 0.25) is 0 Å². The van der Waals surface area contributed by atoms with E-state index in [0.29, 0.717) is 34.4 Å². The first kappa shape index (κ1) is 26.9. The molecule has 0 saturated heterocycles. The Labute approximate surface area is 229 Å². The molecule has 0 saturated carbocycles. The van der Waals surface area contributed by atoms with Crippen molar-refractivity contribution < 1.29 is 22.9 Å². The predicted octanol–water partition coefficient (Wildman–Crippen LogP) is 3.73. The second-order valence-electron chi connectivity index (χ2n) is 9.29. The Morgan fingerprint density at radius 2 is 1.55 bits per heavy atom. The average Bonchev–Trinajstić information content (AvgIpc) is 3.16. The Balaban J connectivity index is 0.000000274. The Morgan fingerprint density at radius 3 is 2.25 bits per heavy atom. The lowest BCUT2D eigenvalue weighted by Gasteiger charge is -2.20. The number of pyridine rings is 1. The van der Waals surface area contributed by atoms with Crippen molar-refractivity contribution in [2.75, 3.05) is 4.90 Å². The second kappa shape index (κ2) is 10.5. The summed E-state index contributed by atoms with van der Waals surface area (Å²) < 4.78 is 29.2. The monoisotopic (exact) mass is 556 g/mol. The number of aliphatic hydroxyl groups is 1. The second-order valence-corrected chi connectivity index (χ2v) is 10.7. The molecule has 0 bridgehead atoms. The first-order chi connectivity index (χ1) is 19.1. The van der Waals surface area contributed by atoms with Crippen LogP contribution in [0.15, 0.2) is 107 Å². The zero-order valence-electron chi connectivity index (χ0n) is 21.2. The largest absolute Gasteiger partial charge is 0.375 e. The van der Waals surface area contributed by atoms with E-state index in [1.54, 1.807) is 54.9 Å². The molecule has 1 aliphatic rings. The van der Waals surface area contributed by atoms with E-state index in [9.17, 15) is 23.1 Å². The van der Waals surface area contributed by atoms with Crippen LogP contribution in [0.4, 0.5) is 11.4 Å². The molecule has 202 valence electrons. The van der Waals surface area contributed by atoms with E-state index in [4.69, 9.17) is 4.55 Å². The number of carbonyl (C=O) groups is 1. The first-order valence-corrected chi connectivity index (χ1v) is 13.6. The number of aromatic nitrogens is 3. The number of anilines is 2. The number of nitrogens with one attached hydrogen (secondary N) is 1. The van der Waals surface area contributed by atoms with E-state index < -0.39 is 21.6 Å². The molecule has 2 aromatic heterocycles. The van der Waals surface area contributed by atoms with Crippen molar-refractivity contribution in [3.63, 3.8) is 0 Å². The molecule has 0 fully saturated rings. The van der Waals surface area contributed by atoms with E-state index in [-0.39, 0.29) is 10.5 Å². The smallest absolute Gasteiger partial charge is 0.294 e. The summed E-state index contributed by atoms with van der Waals surface area (Å²) in [5, 5.41) is 18.8. The van der Waals surface area contributed by atoms with Crippen LogP contribution in [0.1, 0.15) is 23.7 Å². The zero-order valence-corrected chi connectivity index (χ0v) is 22.0. The Hall–Kier alpha value is -4.71. The Kier molecular flexibility index (Phi) is 7.03. The maximum atomic E-state index is 13.0. The Bertz CT molecular complexity index is 1890. The van der Waals surface area contributed by atoms with Crippen LogP contribution in [0.5, 0.6) is 0 Å². The number of hydrogen-bond donors (Lipinski definition) is 3. The van der Waals surface area contributed by atoms with Gasteiger partial charge in [0, 0.05) is 23.6 Å². The third-order valence-electron chi connectivity index (χ3n) is 6.52. The van der Waals surface area contributed by atoms with Gasteiger partial charge in [-0.1, -0.05) is 54.6 Å². The molecule has 0 aliphatic carbocycles. The van der Waals surface area contributed by atoms with Crippen LogP contribution in [-0.4, -0.2) is 39.2 Å². The number of aromatic amines is 1. The van der Waals surface area contributed by atoms with Crippen LogP contribution in [-0.2, 0) is 26.9 Å². The van der Waals surface area contributed by atoms with Gasteiger partial charge in [-0.05, 0) is 42.8 Å². The van der Waals surface area contributed by atoms with Gasteiger partial charge >= 0.3 is 0 Å². The fourth-order valence-corrected chi connectivity index (χ4v) is 5.06. The molecule has 3 N–H and O–H groups in total. The fraction of sp³-hybridized carbons (Fsp3) is 0.103. The van der Waals surface area contributed by atoms with E-state index >= 15 is 0 Å². The summed E-state index contributed by atoms with van der Waals surface area (Å²) in [5.74, 6) is -0.421. The quantitative estimate of drug-likeness (QED) is 0.283. The van der Waals surface area contributed by atoms with E-state index in [2.05, 4.69) is 15.2 Å². The van der Waals surface area contributed by atoms with Crippen molar-refractivity contribution in [2.45, 2.75) is 23.8 Å². The van der Waals surface area contributed by atoms with E-state index in [1.165, 1.54) is 24.0 Å². The molecule has 3 aromatic carbocycles. The number of fused-ring (bicyclic) bond motifs is 2. The third kappa shape index (κ3) is 5.13. The van der Waals surface area contributed by atoms with Crippen molar-refractivity contribution >= 4 is 38.2 Å². The number of carbonyl (C=O) groups excluding carboxylic acids is 1. The lowest BCUT2D eigenvalue weighted by atomic mass is 9.98. The summed E-state index contributed by atoms with van der Waals surface area (Å²) in [6.07, 6.45) is 3.73. The molecule has 0 spiro atoms. The normalized spacial score (nSPS) is 16.4. The van der Waals surface area contributed by atoms with Crippen molar-refractivity contribution in [3.05, 3.63) is 124 Å². The van der Waals surface area contributed by atoms with Gasteiger partial charge in [-0.25, -0.2) is 5.10 Å². The number of amides is 1. The highest BCUT2D eigenvalue weighted by molar-refractivity contribution is 7.85. The molecule has 1 atom stereocenters. The van der Waals surface area contributed by atoms with Gasteiger partial charge in [0.05, 0.1) is 33.5 Å². The van der Waals surface area contributed by atoms with Crippen molar-refractivity contribution in [2.24, 2.45) is 0 Å². The van der Waals surface area contributed by atoms with Crippen molar-refractivity contribution in [1.82, 2.24) is 15.2 Å². The molecule has 0 radical (unpaired) electrons.